The average molecular weight is 237 g/mol. The number of nitrogens with one attached hydrogen (secondary N) is 1. The number of nitrogens with two attached hydrogens (primary N) is 1. The van der Waals surface area contributed by atoms with E-state index in [0.29, 0.717) is 16.6 Å². The summed E-state index contributed by atoms with van der Waals surface area (Å²) in [6.07, 6.45) is 1.38. The van der Waals surface area contributed by atoms with Gasteiger partial charge in [0.15, 0.2) is 0 Å². The van der Waals surface area contributed by atoms with Gasteiger partial charge in [0.2, 0.25) is 0 Å². The van der Waals surface area contributed by atoms with Crippen LogP contribution in [-0.4, -0.2) is 22.2 Å². The van der Waals surface area contributed by atoms with Crippen molar-refractivity contribution >= 4 is 22.3 Å². The zero-order valence-corrected chi connectivity index (χ0v) is 9.07. The lowest BCUT2D eigenvalue weighted by molar-refractivity contribution is 0.0946. The average Bonchev–Trinajstić information content (AvgIpc) is 2.43. The van der Waals surface area contributed by atoms with Gasteiger partial charge >= 0.3 is 0 Å². The van der Waals surface area contributed by atoms with E-state index in [0.717, 1.165) is 0 Å². The molecule has 2 rings (SSSR count). The summed E-state index contributed by atoms with van der Waals surface area (Å²) in [5.74, 6) is 0. The number of nitrogen functional groups attached to an aromatic ring is 1. The molecule has 0 aliphatic heterocycles. The number of hydrogen-bond donors (Lipinski definition) is 3. The molecule has 0 aliphatic carbocycles. The van der Waals surface area contributed by atoms with Crippen molar-refractivity contribution in [3.05, 3.63) is 30.5 Å². The molecular formula is C13H17N3O. The molecule has 0 radical (unpaired) electrons. The number of benzene rings is 1. The number of hydrogen-bond acceptors (Lipinski definition) is 4. The fraction of sp³-hybridized carbons (Fsp3) is 0.308. The van der Waals surface area contributed by atoms with E-state index in [2.05, 4.69) is 10.3 Å². The molecule has 4 N–H and O–H groups in total. The molecule has 17 heavy (non-hydrogen) atoms. The normalized spacial score (nSPS) is 18.4. The summed E-state index contributed by atoms with van der Waals surface area (Å²) in [5.41, 5.74) is 4.11. The Morgan fingerprint density at radius 1 is 1.47 bits per heavy atom. The van der Waals surface area contributed by atoms with Crippen molar-refractivity contribution in [2.24, 2.45) is 0 Å². The summed E-state index contributed by atoms with van der Waals surface area (Å²) >= 11 is 0. The highest BCUT2D eigenvalue weighted by atomic mass is 16.3. The maximum absolute atomic E-state index is 10.3. The molecule has 4 nitrogen and oxygen atoms in total. The minimum atomic E-state index is -3.09. The summed E-state index contributed by atoms with van der Waals surface area (Å²) < 4.78 is 44.2. The van der Waals surface area contributed by atoms with Crippen LogP contribution in [0, 0.1) is 0 Å². The highest BCUT2D eigenvalue weighted by molar-refractivity contribution is 5.96. The fourth-order valence-corrected chi connectivity index (χ4v) is 1.57. The highest BCUT2D eigenvalue weighted by Gasteiger charge is 2.14. The molecule has 90 valence electrons. The Bertz CT molecular complexity index is 699. The number of rotatable bonds is 3. The second-order valence-corrected chi connectivity index (χ2v) is 3.82. The van der Waals surface area contributed by atoms with Gasteiger partial charge in [-0.1, -0.05) is 18.2 Å². The van der Waals surface area contributed by atoms with Gasteiger partial charge in [0, 0.05) is 20.2 Å². The molecule has 0 fully saturated rings. The third kappa shape index (κ3) is 2.65. The first kappa shape index (κ1) is 6.21. The Labute approximate surface area is 109 Å². The van der Waals surface area contributed by atoms with Crippen molar-refractivity contribution in [2.75, 3.05) is 17.6 Å². The topological polar surface area (TPSA) is 71.2 Å². The van der Waals surface area contributed by atoms with Crippen LogP contribution in [0.4, 0.5) is 11.4 Å². The number of fused-ring (bicyclic) bond motifs is 1. The molecule has 4 heteroatoms. The first-order chi connectivity index (χ1) is 10.5. The molecule has 0 saturated heterocycles. The van der Waals surface area contributed by atoms with Gasteiger partial charge in [-0.15, -0.1) is 0 Å². The lowest BCUT2D eigenvalue weighted by Crippen LogP contribution is -2.29. The largest absolute Gasteiger partial charge is 0.396 e. The van der Waals surface area contributed by atoms with Gasteiger partial charge in [0.05, 0.1) is 28.7 Å². The molecule has 0 aliphatic rings. The van der Waals surface area contributed by atoms with E-state index >= 15 is 0 Å². The van der Waals surface area contributed by atoms with Crippen LogP contribution in [-0.2, 0) is 0 Å². The minimum absolute atomic E-state index is 0.224. The number of anilines is 2. The van der Waals surface area contributed by atoms with Crippen LogP contribution in [0.2, 0.25) is 0 Å². The zero-order chi connectivity index (χ0) is 17.5. The highest BCUT2D eigenvalue weighted by Crippen LogP contribution is 2.27. The first-order valence-electron chi connectivity index (χ1n) is 8.07. The van der Waals surface area contributed by atoms with Gasteiger partial charge in [0.1, 0.15) is 0 Å². The smallest absolute Gasteiger partial charge is 0.0763 e. The van der Waals surface area contributed by atoms with Gasteiger partial charge in [-0.25, -0.2) is 0 Å². The molecule has 0 atom stereocenters. The number of aliphatic hydroxyl groups is 1. The molecule has 0 spiro atoms. The van der Waals surface area contributed by atoms with E-state index in [1.54, 1.807) is 24.3 Å². The van der Waals surface area contributed by atoms with Crippen LogP contribution in [0.3, 0.4) is 0 Å². The summed E-state index contributed by atoms with van der Waals surface area (Å²) in [6, 6.07) is 6.97. The second kappa shape index (κ2) is 4.22. The van der Waals surface area contributed by atoms with Gasteiger partial charge in [-0.3, -0.25) is 4.98 Å². The van der Waals surface area contributed by atoms with Crippen LogP contribution >= 0.6 is 0 Å². The Morgan fingerprint density at radius 2 is 2.24 bits per heavy atom. The molecule has 0 unspecified atom stereocenters. The molecule has 1 aromatic carbocycles. The first-order valence-corrected chi connectivity index (χ1v) is 5.07. The van der Waals surface area contributed by atoms with Gasteiger partial charge in [0.25, 0.3) is 0 Å². The van der Waals surface area contributed by atoms with Crippen LogP contribution < -0.4 is 11.1 Å². The van der Waals surface area contributed by atoms with Gasteiger partial charge < -0.3 is 16.2 Å². The maximum Gasteiger partial charge on any atom is 0.0763 e. The van der Waals surface area contributed by atoms with Crippen LogP contribution in [0.15, 0.2) is 30.5 Å². The minimum Gasteiger partial charge on any atom is -0.396 e. The number of aromatic nitrogens is 1. The predicted molar refractivity (Wildman–Crippen MR) is 70.9 cm³/mol. The lowest BCUT2D eigenvalue weighted by atomic mass is 10.1. The van der Waals surface area contributed by atoms with Crippen LogP contribution in [0.5, 0.6) is 0 Å². The van der Waals surface area contributed by atoms with Crippen molar-refractivity contribution < 1.29 is 13.3 Å². The molecule has 2 aromatic rings. The van der Waals surface area contributed by atoms with Crippen molar-refractivity contribution in [3.63, 3.8) is 0 Å². The van der Waals surface area contributed by atoms with Crippen molar-refractivity contribution in [1.29, 1.82) is 0 Å². The molecule has 0 bridgehead atoms. The molecule has 1 heterocycles. The van der Waals surface area contributed by atoms with E-state index in [9.17, 15) is 5.11 Å². The number of nitrogens with zero attached hydrogens (tertiary/aromatic N) is 1. The Kier molecular flexibility index (Phi) is 1.54. The van der Waals surface area contributed by atoms with E-state index in [1.165, 1.54) is 6.20 Å². The van der Waals surface area contributed by atoms with Crippen LogP contribution in [0.1, 0.15) is 21.9 Å². The Balaban J connectivity index is 2.42. The molecule has 0 amide bonds. The SMILES string of the molecule is [2H]C([2H])([2H])C(O)(CNc1c(N)cnc2ccccc12)C([2H])([2H])[2H]. The van der Waals surface area contributed by atoms with Crippen molar-refractivity contribution in [2.45, 2.75) is 19.3 Å². The summed E-state index contributed by atoms with van der Waals surface area (Å²) in [4.78, 5) is 4.13. The number of pyridine rings is 1. The fourth-order valence-electron chi connectivity index (χ4n) is 1.57. The standard InChI is InChI=1S/C13H17N3O/c1-13(2,17)8-16-12-9-5-3-4-6-11(9)15-7-10(12)14/h3-7,17H,8,14H2,1-2H3,(H,15,16)/i1D3,2D3. The summed E-state index contributed by atoms with van der Waals surface area (Å²) in [6.45, 7) is -6.90. The van der Waals surface area contributed by atoms with E-state index in [-0.39, 0.29) is 5.69 Å². The molecule has 1 aromatic heterocycles. The Hall–Kier alpha value is -1.81. The third-order valence-electron chi connectivity index (χ3n) is 2.33. The van der Waals surface area contributed by atoms with E-state index in [1.807, 2.05) is 0 Å². The summed E-state index contributed by atoms with van der Waals surface area (Å²) in [5, 5.41) is 13.5. The van der Waals surface area contributed by atoms with Crippen LogP contribution in [0.25, 0.3) is 10.9 Å². The second-order valence-electron chi connectivity index (χ2n) is 3.82. The monoisotopic (exact) mass is 237 g/mol. The zero-order valence-electron chi connectivity index (χ0n) is 15.1. The molecular weight excluding hydrogens is 214 g/mol. The van der Waals surface area contributed by atoms with Crippen molar-refractivity contribution in [3.8, 4) is 0 Å². The molecule has 0 saturated carbocycles. The van der Waals surface area contributed by atoms with Crippen molar-refractivity contribution in [1.82, 2.24) is 4.98 Å². The van der Waals surface area contributed by atoms with Gasteiger partial charge in [-0.05, 0) is 19.8 Å². The predicted octanol–water partition coefficient (Wildman–Crippen LogP) is 2.00. The third-order valence-corrected chi connectivity index (χ3v) is 2.33. The van der Waals surface area contributed by atoms with E-state index in [4.69, 9.17) is 14.0 Å². The summed E-state index contributed by atoms with van der Waals surface area (Å²) in [7, 11) is 0. The lowest BCUT2D eigenvalue weighted by Gasteiger charge is -2.20. The maximum atomic E-state index is 10.3. The Morgan fingerprint density at radius 3 is 3.00 bits per heavy atom. The van der Waals surface area contributed by atoms with E-state index < -0.39 is 25.8 Å². The van der Waals surface area contributed by atoms with Gasteiger partial charge in [-0.2, -0.15) is 0 Å². The number of para-hydroxylation sites is 1. The quantitative estimate of drug-likeness (QED) is 0.763.